The maximum atomic E-state index is 14.0. The Morgan fingerprint density at radius 3 is 2.16 bits per heavy atom. The zero-order chi connectivity index (χ0) is 31.1. The number of carbonyl (C=O) groups excluding carboxylic acids is 3. The molecule has 8 rings (SSSR count). The summed E-state index contributed by atoms with van der Waals surface area (Å²) >= 11 is 15.1. The van der Waals surface area contributed by atoms with E-state index >= 15 is 0 Å². The van der Waals surface area contributed by atoms with Gasteiger partial charge in [-0.05, 0) is 85.2 Å². The van der Waals surface area contributed by atoms with Gasteiger partial charge in [-0.1, -0.05) is 64.4 Å². The van der Waals surface area contributed by atoms with Crippen molar-refractivity contribution in [3.8, 4) is 0 Å². The van der Waals surface area contributed by atoms with Crippen molar-refractivity contribution in [1.29, 1.82) is 0 Å². The van der Waals surface area contributed by atoms with Crippen LogP contribution in [-0.4, -0.2) is 27.5 Å². The maximum absolute atomic E-state index is 14.0. The molecule has 45 heavy (non-hydrogen) atoms. The molecule has 3 heterocycles. The SMILES string of the molecule is Cc1ccc(N2C(=O)C3C4CC(C3C2=O)C2C(c3ccc(Cl)cc3)c3sc(=O)n(CC(=O)Nc5ccc(Cl)cc5)c3SC42)cc1. The van der Waals surface area contributed by atoms with E-state index in [0.29, 0.717) is 21.4 Å². The van der Waals surface area contributed by atoms with Crippen molar-refractivity contribution in [1.82, 2.24) is 4.57 Å². The van der Waals surface area contributed by atoms with Crippen LogP contribution in [-0.2, 0) is 20.9 Å². The van der Waals surface area contributed by atoms with Gasteiger partial charge >= 0.3 is 4.87 Å². The first-order valence-electron chi connectivity index (χ1n) is 14.8. The summed E-state index contributed by atoms with van der Waals surface area (Å²) in [7, 11) is 0. The molecule has 1 aromatic heterocycles. The predicted molar refractivity (Wildman–Crippen MR) is 177 cm³/mol. The van der Waals surface area contributed by atoms with Gasteiger partial charge in [0.2, 0.25) is 17.7 Å². The molecule has 1 N–H and O–H groups in total. The summed E-state index contributed by atoms with van der Waals surface area (Å²) in [6, 6.07) is 22.1. The molecule has 2 aliphatic heterocycles. The van der Waals surface area contributed by atoms with Crippen molar-refractivity contribution in [3.05, 3.63) is 109 Å². The number of fused-ring (bicyclic) bond motifs is 9. The molecule has 2 aliphatic carbocycles. The molecule has 3 aromatic carbocycles. The summed E-state index contributed by atoms with van der Waals surface area (Å²) in [5.41, 5.74) is 3.29. The Bertz CT molecular complexity index is 1920. The van der Waals surface area contributed by atoms with Crippen molar-refractivity contribution < 1.29 is 14.4 Å². The maximum Gasteiger partial charge on any atom is 0.308 e. The highest BCUT2D eigenvalue weighted by Crippen LogP contribution is 2.69. The van der Waals surface area contributed by atoms with Crippen molar-refractivity contribution >= 4 is 75.4 Å². The second-order valence-corrected chi connectivity index (χ2v) is 15.4. The monoisotopic (exact) mass is 675 g/mol. The zero-order valence-corrected chi connectivity index (χ0v) is 27.1. The number of thioether (sulfide) groups is 1. The molecule has 1 saturated heterocycles. The lowest BCUT2D eigenvalue weighted by molar-refractivity contribution is -0.123. The number of hydrogen-bond acceptors (Lipinski definition) is 6. The van der Waals surface area contributed by atoms with Crippen LogP contribution < -0.4 is 15.1 Å². The van der Waals surface area contributed by atoms with Crippen LogP contribution in [0.3, 0.4) is 0 Å². The number of anilines is 2. The molecule has 4 aliphatic rings. The molecule has 3 fully saturated rings. The van der Waals surface area contributed by atoms with Crippen LogP contribution in [0.2, 0.25) is 10.0 Å². The van der Waals surface area contributed by atoms with Crippen LogP contribution >= 0.6 is 46.3 Å². The number of benzene rings is 3. The van der Waals surface area contributed by atoms with Crippen LogP contribution in [0.15, 0.2) is 82.6 Å². The van der Waals surface area contributed by atoms with Crippen LogP contribution in [0.5, 0.6) is 0 Å². The Morgan fingerprint density at radius 1 is 0.867 bits per heavy atom. The number of nitrogens with one attached hydrogen (secondary N) is 1. The molecule has 2 saturated carbocycles. The largest absolute Gasteiger partial charge is 0.325 e. The van der Waals surface area contributed by atoms with E-state index < -0.39 is 5.92 Å². The van der Waals surface area contributed by atoms with Gasteiger partial charge in [0.25, 0.3) is 0 Å². The van der Waals surface area contributed by atoms with Gasteiger partial charge in [0.1, 0.15) is 6.54 Å². The highest BCUT2D eigenvalue weighted by atomic mass is 35.5. The molecule has 7 nitrogen and oxygen atoms in total. The third-order valence-corrected chi connectivity index (χ3v) is 13.2. The molecular formula is C34H27Cl2N3O4S2. The van der Waals surface area contributed by atoms with Gasteiger partial charge < -0.3 is 5.32 Å². The summed E-state index contributed by atoms with van der Waals surface area (Å²) in [4.78, 5) is 56.8. The number of imide groups is 1. The summed E-state index contributed by atoms with van der Waals surface area (Å²) in [5.74, 6) is -1.46. The van der Waals surface area contributed by atoms with E-state index in [9.17, 15) is 19.2 Å². The van der Waals surface area contributed by atoms with Gasteiger partial charge in [-0.2, -0.15) is 0 Å². The fourth-order valence-corrected chi connectivity index (χ4v) is 11.5. The number of carbonyl (C=O) groups is 3. The average Bonchev–Trinajstić information content (AvgIpc) is 3.74. The first-order chi connectivity index (χ1) is 21.7. The number of halogens is 2. The van der Waals surface area contributed by atoms with E-state index in [1.807, 2.05) is 55.5 Å². The minimum Gasteiger partial charge on any atom is -0.325 e. The standard InChI is InChI=1S/C34H27Cl2N3O4S2/c1-16-2-12-21(13-3-16)39-31(41)27-22-14-23(28(27)32(39)42)29-26(22)25(17-4-6-18(35)7-5-17)30-33(44-29)38(34(43)45-30)15-24(40)37-20-10-8-19(36)9-11-20/h2-13,22-23,25-29H,14-15H2,1H3,(H,37,40). The number of aryl methyl sites for hydroxylation is 1. The fraction of sp³-hybridized carbons (Fsp3) is 0.294. The lowest BCUT2D eigenvalue weighted by Crippen LogP contribution is -2.43. The lowest BCUT2D eigenvalue weighted by Gasteiger charge is -2.43. The summed E-state index contributed by atoms with van der Waals surface area (Å²) < 4.78 is 1.57. The molecule has 11 heteroatoms. The minimum absolute atomic E-state index is 0.00270. The van der Waals surface area contributed by atoms with E-state index in [-0.39, 0.29) is 64.0 Å². The normalized spacial score (nSPS) is 27.8. The van der Waals surface area contributed by atoms with Gasteiger partial charge in [0.05, 0.1) is 22.5 Å². The van der Waals surface area contributed by atoms with E-state index in [1.165, 1.54) is 16.2 Å². The molecule has 4 aromatic rings. The first kappa shape index (κ1) is 29.1. The van der Waals surface area contributed by atoms with Crippen molar-refractivity contribution in [2.24, 2.45) is 29.6 Å². The van der Waals surface area contributed by atoms with Gasteiger partial charge in [-0.15, -0.1) is 11.8 Å². The highest BCUT2D eigenvalue weighted by Gasteiger charge is 2.69. The Kier molecular flexibility index (Phi) is 7.02. The van der Waals surface area contributed by atoms with E-state index in [4.69, 9.17) is 23.2 Å². The number of thiazole rings is 1. The second-order valence-electron chi connectivity index (χ2n) is 12.3. The topological polar surface area (TPSA) is 88.5 Å². The van der Waals surface area contributed by atoms with Gasteiger partial charge in [-0.3, -0.25) is 28.6 Å². The van der Waals surface area contributed by atoms with Crippen molar-refractivity contribution in [2.45, 2.75) is 36.1 Å². The predicted octanol–water partition coefficient (Wildman–Crippen LogP) is 6.84. The van der Waals surface area contributed by atoms with Crippen LogP contribution in [0.4, 0.5) is 11.4 Å². The summed E-state index contributed by atoms with van der Waals surface area (Å²) in [6.45, 7) is 1.84. The lowest BCUT2D eigenvalue weighted by atomic mass is 9.68. The molecule has 2 bridgehead atoms. The molecule has 0 radical (unpaired) electrons. The molecular weight excluding hydrogens is 649 g/mol. The van der Waals surface area contributed by atoms with E-state index in [0.717, 1.165) is 27.5 Å². The molecule has 0 spiro atoms. The van der Waals surface area contributed by atoms with Crippen molar-refractivity contribution in [2.75, 3.05) is 10.2 Å². The second kappa shape index (κ2) is 10.9. The Balaban J connectivity index is 1.17. The fourth-order valence-electron chi connectivity index (χ4n) is 8.12. The van der Waals surface area contributed by atoms with E-state index in [2.05, 4.69) is 5.32 Å². The van der Waals surface area contributed by atoms with Gasteiger partial charge in [0, 0.05) is 31.8 Å². The third-order valence-electron chi connectivity index (χ3n) is 9.90. The van der Waals surface area contributed by atoms with E-state index in [1.54, 1.807) is 40.6 Å². The number of hydrogen-bond donors (Lipinski definition) is 1. The molecule has 7 atom stereocenters. The summed E-state index contributed by atoms with van der Waals surface area (Å²) in [6.07, 6.45) is 0.789. The number of aromatic nitrogens is 1. The molecule has 228 valence electrons. The third kappa shape index (κ3) is 4.61. The summed E-state index contributed by atoms with van der Waals surface area (Å²) in [5, 5.41) is 4.83. The Morgan fingerprint density at radius 2 is 1.49 bits per heavy atom. The van der Waals surface area contributed by atoms with Crippen molar-refractivity contribution in [3.63, 3.8) is 0 Å². The number of amides is 3. The quantitative estimate of drug-likeness (QED) is 0.234. The molecule has 7 unspecified atom stereocenters. The van der Waals surface area contributed by atoms with Crippen LogP contribution in [0.25, 0.3) is 0 Å². The molecule has 3 amide bonds. The minimum atomic E-state index is -0.392. The highest BCUT2D eigenvalue weighted by molar-refractivity contribution is 8.00. The Hall–Kier alpha value is -3.37. The average molecular weight is 677 g/mol. The Labute approximate surface area is 277 Å². The van der Waals surface area contributed by atoms with Gasteiger partial charge in [0.15, 0.2) is 0 Å². The smallest absolute Gasteiger partial charge is 0.308 e. The van der Waals surface area contributed by atoms with Crippen LogP contribution in [0.1, 0.15) is 28.3 Å². The zero-order valence-electron chi connectivity index (χ0n) is 24.0. The first-order valence-corrected chi connectivity index (χ1v) is 17.3. The number of rotatable bonds is 5. The number of nitrogens with zero attached hydrogens (tertiary/aromatic N) is 2. The van der Waals surface area contributed by atoms with Crippen LogP contribution in [0, 0.1) is 36.5 Å². The van der Waals surface area contributed by atoms with Gasteiger partial charge in [-0.25, -0.2) is 0 Å².